The second-order valence-electron chi connectivity index (χ2n) is 4.55. The lowest BCUT2D eigenvalue weighted by atomic mass is 9.86. The number of rotatable bonds is 1. The maximum atomic E-state index is 9.97. The van der Waals surface area contributed by atoms with Crippen LogP contribution < -0.4 is 5.32 Å². The van der Waals surface area contributed by atoms with Crippen molar-refractivity contribution in [2.24, 2.45) is 0 Å². The quantitative estimate of drug-likeness (QED) is 0.655. The van der Waals surface area contributed by atoms with Gasteiger partial charge in [-0.25, -0.2) is 0 Å². The van der Waals surface area contributed by atoms with Crippen molar-refractivity contribution in [1.82, 2.24) is 5.32 Å². The van der Waals surface area contributed by atoms with Crippen LogP contribution in [0.3, 0.4) is 0 Å². The first-order valence-electron chi connectivity index (χ1n) is 5.31. The molecular formula is C12H17NO2. The van der Waals surface area contributed by atoms with Gasteiger partial charge in [0.1, 0.15) is 5.75 Å². The van der Waals surface area contributed by atoms with Crippen molar-refractivity contribution in [2.45, 2.75) is 31.4 Å². The average molecular weight is 207 g/mol. The molecule has 3 nitrogen and oxygen atoms in total. The third-order valence-electron chi connectivity index (χ3n) is 2.97. The fourth-order valence-electron chi connectivity index (χ4n) is 2.11. The van der Waals surface area contributed by atoms with Gasteiger partial charge in [-0.2, -0.15) is 0 Å². The molecule has 0 bridgehead atoms. The molecule has 1 fully saturated rings. The summed E-state index contributed by atoms with van der Waals surface area (Å²) in [5, 5.41) is 22.7. The fraction of sp³-hybridized carbons (Fsp3) is 0.500. The smallest absolute Gasteiger partial charge is 0.115 e. The van der Waals surface area contributed by atoms with E-state index in [2.05, 4.69) is 5.32 Å². The van der Waals surface area contributed by atoms with Crippen LogP contribution in [0.25, 0.3) is 0 Å². The van der Waals surface area contributed by atoms with Crippen molar-refractivity contribution < 1.29 is 10.2 Å². The van der Waals surface area contributed by atoms with Gasteiger partial charge in [0.15, 0.2) is 0 Å². The highest BCUT2D eigenvalue weighted by atomic mass is 16.3. The number of phenolic OH excluding ortho intramolecular Hbond substituents is 1. The van der Waals surface area contributed by atoms with Crippen molar-refractivity contribution in [3.05, 3.63) is 29.8 Å². The van der Waals surface area contributed by atoms with Crippen molar-refractivity contribution >= 4 is 0 Å². The van der Waals surface area contributed by atoms with Crippen LogP contribution in [-0.4, -0.2) is 22.4 Å². The van der Waals surface area contributed by atoms with E-state index < -0.39 is 5.60 Å². The molecule has 1 heterocycles. The number of hydrogen-bond donors (Lipinski definition) is 3. The van der Waals surface area contributed by atoms with E-state index in [1.807, 2.05) is 19.1 Å². The van der Waals surface area contributed by atoms with E-state index in [-0.39, 0.29) is 11.8 Å². The molecule has 2 unspecified atom stereocenters. The number of benzene rings is 1. The molecule has 82 valence electrons. The van der Waals surface area contributed by atoms with Crippen LogP contribution in [-0.2, 0) is 0 Å². The van der Waals surface area contributed by atoms with Crippen LogP contribution in [0.15, 0.2) is 24.3 Å². The Balaban J connectivity index is 2.17. The molecule has 2 rings (SSSR count). The predicted molar refractivity (Wildman–Crippen MR) is 58.7 cm³/mol. The van der Waals surface area contributed by atoms with Crippen molar-refractivity contribution in [3.63, 3.8) is 0 Å². The van der Waals surface area contributed by atoms with Gasteiger partial charge >= 0.3 is 0 Å². The molecular weight excluding hydrogens is 190 g/mol. The minimum absolute atomic E-state index is 0.140. The third-order valence-corrected chi connectivity index (χ3v) is 2.97. The van der Waals surface area contributed by atoms with E-state index in [0.29, 0.717) is 6.42 Å². The van der Waals surface area contributed by atoms with Crippen molar-refractivity contribution in [1.29, 1.82) is 0 Å². The van der Waals surface area contributed by atoms with E-state index >= 15 is 0 Å². The number of nitrogens with one attached hydrogen (secondary N) is 1. The van der Waals surface area contributed by atoms with Gasteiger partial charge in [-0.1, -0.05) is 12.1 Å². The molecule has 0 aliphatic carbocycles. The molecule has 0 saturated carbocycles. The molecule has 1 aromatic rings. The monoisotopic (exact) mass is 207 g/mol. The summed E-state index contributed by atoms with van der Waals surface area (Å²) in [6.45, 7) is 2.68. The van der Waals surface area contributed by atoms with Crippen molar-refractivity contribution in [3.8, 4) is 5.75 Å². The lowest BCUT2D eigenvalue weighted by molar-refractivity contribution is 0.0131. The van der Waals surface area contributed by atoms with Crippen molar-refractivity contribution in [2.75, 3.05) is 6.54 Å². The van der Waals surface area contributed by atoms with Gasteiger partial charge in [0.25, 0.3) is 0 Å². The Kier molecular flexibility index (Phi) is 2.67. The van der Waals surface area contributed by atoms with Crippen LogP contribution in [0.4, 0.5) is 0 Å². The fourth-order valence-corrected chi connectivity index (χ4v) is 2.11. The summed E-state index contributed by atoms with van der Waals surface area (Å²) in [4.78, 5) is 0. The van der Waals surface area contributed by atoms with Crippen LogP contribution in [0, 0.1) is 0 Å². The summed E-state index contributed by atoms with van der Waals surface area (Å²) >= 11 is 0. The maximum Gasteiger partial charge on any atom is 0.115 e. The lowest BCUT2D eigenvalue weighted by Gasteiger charge is -2.35. The summed E-state index contributed by atoms with van der Waals surface area (Å²) in [6.07, 6.45) is 1.47. The van der Waals surface area contributed by atoms with Gasteiger partial charge < -0.3 is 15.5 Å². The Morgan fingerprint density at radius 1 is 1.47 bits per heavy atom. The van der Waals surface area contributed by atoms with E-state index in [1.54, 1.807) is 12.1 Å². The number of hydrogen-bond acceptors (Lipinski definition) is 3. The van der Waals surface area contributed by atoms with Gasteiger partial charge in [-0.05, 0) is 44.0 Å². The number of aromatic hydroxyl groups is 1. The minimum Gasteiger partial charge on any atom is -0.508 e. The zero-order chi connectivity index (χ0) is 10.9. The highest BCUT2D eigenvalue weighted by molar-refractivity contribution is 5.29. The summed E-state index contributed by atoms with van der Waals surface area (Å²) < 4.78 is 0. The number of phenols is 1. The Labute approximate surface area is 89.8 Å². The SMILES string of the molecule is CC1(O)CCNC(c2cccc(O)c2)C1. The predicted octanol–water partition coefficient (Wildman–Crippen LogP) is 1.57. The van der Waals surface area contributed by atoms with Crippen LogP contribution in [0.2, 0.25) is 0 Å². The number of aliphatic hydroxyl groups is 1. The lowest BCUT2D eigenvalue weighted by Crippen LogP contribution is -2.41. The summed E-state index contributed by atoms with van der Waals surface area (Å²) in [5.74, 6) is 0.277. The van der Waals surface area contributed by atoms with Crippen LogP contribution >= 0.6 is 0 Å². The zero-order valence-electron chi connectivity index (χ0n) is 8.90. The summed E-state index contributed by atoms with van der Waals surface area (Å²) in [5.41, 5.74) is 0.441. The highest BCUT2D eigenvalue weighted by Gasteiger charge is 2.30. The first-order chi connectivity index (χ1) is 7.07. The normalized spacial score (nSPS) is 31.5. The Hall–Kier alpha value is -1.06. The topological polar surface area (TPSA) is 52.5 Å². The molecule has 2 atom stereocenters. The molecule has 0 radical (unpaired) electrons. The average Bonchev–Trinajstić information content (AvgIpc) is 2.16. The minimum atomic E-state index is -0.596. The Bertz CT molecular complexity index is 349. The largest absolute Gasteiger partial charge is 0.508 e. The van der Waals surface area contributed by atoms with Gasteiger partial charge in [0, 0.05) is 6.04 Å². The number of piperidine rings is 1. The zero-order valence-corrected chi connectivity index (χ0v) is 8.90. The molecule has 15 heavy (non-hydrogen) atoms. The Morgan fingerprint density at radius 2 is 2.27 bits per heavy atom. The van der Waals surface area contributed by atoms with Crippen LogP contribution in [0.5, 0.6) is 5.75 Å². The molecule has 1 saturated heterocycles. The summed E-state index contributed by atoms with van der Waals surface area (Å²) in [7, 11) is 0. The second-order valence-corrected chi connectivity index (χ2v) is 4.55. The standard InChI is InChI=1S/C12H17NO2/c1-12(15)5-6-13-11(8-12)9-3-2-4-10(14)7-9/h2-4,7,11,13-15H,5-6,8H2,1H3. The molecule has 1 aromatic carbocycles. The molecule has 3 heteroatoms. The molecule has 1 aliphatic heterocycles. The Morgan fingerprint density at radius 3 is 2.93 bits per heavy atom. The molecule has 0 spiro atoms. The first kappa shape index (κ1) is 10.5. The third kappa shape index (κ3) is 2.49. The van der Waals surface area contributed by atoms with Gasteiger partial charge in [-0.3, -0.25) is 0 Å². The highest BCUT2D eigenvalue weighted by Crippen LogP contribution is 2.30. The first-order valence-corrected chi connectivity index (χ1v) is 5.31. The van der Waals surface area contributed by atoms with Gasteiger partial charge in [-0.15, -0.1) is 0 Å². The van der Waals surface area contributed by atoms with Gasteiger partial charge in [0.2, 0.25) is 0 Å². The molecule has 3 N–H and O–H groups in total. The molecule has 0 amide bonds. The van der Waals surface area contributed by atoms with E-state index in [1.165, 1.54) is 0 Å². The van der Waals surface area contributed by atoms with E-state index in [0.717, 1.165) is 18.5 Å². The molecule has 1 aliphatic rings. The maximum absolute atomic E-state index is 9.97. The second kappa shape index (κ2) is 3.83. The summed E-state index contributed by atoms with van der Waals surface area (Å²) in [6, 6.07) is 7.35. The van der Waals surface area contributed by atoms with Crippen LogP contribution in [0.1, 0.15) is 31.4 Å². The van der Waals surface area contributed by atoms with Gasteiger partial charge in [0.05, 0.1) is 5.60 Å². The van der Waals surface area contributed by atoms with E-state index in [9.17, 15) is 10.2 Å². The molecule has 0 aromatic heterocycles. The van der Waals surface area contributed by atoms with E-state index in [4.69, 9.17) is 0 Å².